The summed E-state index contributed by atoms with van der Waals surface area (Å²) in [7, 11) is 0. The minimum atomic E-state index is 0.246. The van der Waals surface area contributed by atoms with Gasteiger partial charge in [-0.3, -0.25) is 9.69 Å². The highest BCUT2D eigenvalue weighted by Gasteiger charge is 2.43. The summed E-state index contributed by atoms with van der Waals surface area (Å²) in [5, 5.41) is 8.78. The number of para-hydroxylation sites is 1. The van der Waals surface area contributed by atoms with Crippen LogP contribution >= 0.6 is 11.3 Å². The number of nitrogens with one attached hydrogen (secondary N) is 2. The first-order valence-electron chi connectivity index (χ1n) is 12.5. The van der Waals surface area contributed by atoms with Crippen LogP contribution < -0.4 is 10.6 Å². The number of aromatic nitrogens is 3. The van der Waals surface area contributed by atoms with Crippen LogP contribution in [0.1, 0.15) is 30.6 Å². The highest BCUT2D eigenvalue weighted by molar-refractivity contribution is 7.15. The number of carbonyl (C=O) groups excluding carboxylic acids is 1. The summed E-state index contributed by atoms with van der Waals surface area (Å²) in [5.41, 5.74) is 0.891. The third-order valence-electron chi connectivity index (χ3n) is 7.27. The molecule has 1 amide bonds. The Morgan fingerprint density at radius 2 is 1.91 bits per heavy atom. The van der Waals surface area contributed by atoms with E-state index in [1.807, 2.05) is 37.4 Å². The van der Waals surface area contributed by atoms with Crippen LogP contribution in [0.3, 0.4) is 0 Å². The second-order valence-electron chi connectivity index (χ2n) is 9.70. The summed E-state index contributed by atoms with van der Waals surface area (Å²) in [6.07, 6.45) is 5.87. The Morgan fingerprint density at radius 3 is 2.66 bits per heavy atom. The van der Waals surface area contributed by atoms with Crippen LogP contribution in [0.5, 0.6) is 0 Å². The van der Waals surface area contributed by atoms with E-state index in [0.29, 0.717) is 12.5 Å². The molecule has 0 aliphatic carbocycles. The molecule has 10 heteroatoms. The first-order valence-corrected chi connectivity index (χ1v) is 13.3. The molecule has 1 aromatic carbocycles. The van der Waals surface area contributed by atoms with E-state index in [-0.39, 0.29) is 24.0 Å². The summed E-state index contributed by atoms with van der Waals surface area (Å²) in [5.74, 6) is 1.65. The van der Waals surface area contributed by atoms with Crippen LogP contribution in [0, 0.1) is 6.92 Å². The van der Waals surface area contributed by atoms with Crippen molar-refractivity contribution in [2.75, 3.05) is 43.5 Å². The van der Waals surface area contributed by atoms with E-state index in [2.05, 4.69) is 25.4 Å². The minimum absolute atomic E-state index is 0.246. The molecule has 184 valence electrons. The van der Waals surface area contributed by atoms with E-state index in [1.165, 1.54) is 0 Å². The average Bonchev–Trinajstić information content (AvgIpc) is 3.39. The fraction of sp³-hybridized carbons (Fsp3) is 0.520. The van der Waals surface area contributed by atoms with Gasteiger partial charge >= 0.3 is 0 Å². The number of fused-ring (bicyclic) bond motifs is 3. The first kappa shape index (κ1) is 22.6. The normalized spacial score (nSPS) is 24.6. The molecule has 3 aliphatic rings. The zero-order valence-corrected chi connectivity index (χ0v) is 20.8. The van der Waals surface area contributed by atoms with Gasteiger partial charge in [0.1, 0.15) is 5.82 Å². The van der Waals surface area contributed by atoms with Crippen LogP contribution in [-0.2, 0) is 9.53 Å². The monoisotopic (exact) mass is 493 g/mol. The molecule has 6 rings (SSSR count). The van der Waals surface area contributed by atoms with Crippen LogP contribution in [-0.4, -0.2) is 81.6 Å². The molecular weight excluding hydrogens is 462 g/mol. The van der Waals surface area contributed by atoms with Crippen molar-refractivity contribution in [2.24, 2.45) is 0 Å². The first-order chi connectivity index (χ1) is 17.1. The van der Waals surface area contributed by atoms with Crippen molar-refractivity contribution in [1.29, 1.82) is 0 Å². The Hall–Kier alpha value is -2.82. The van der Waals surface area contributed by atoms with E-state index in [4.69, 9.17) is 14.7 Å². The molecule has 3 aromatic rings. The Labute approximate surface area is 208 Å². The maximum atomic E-state index is 13.1. The number of piperidine rings is 1. The number of rotatable bonds is 6. The van der Waals surface area contributed by atoms with Crippen molar-refractivity contribution >= 4 is 45.0 Å². The maximum Gasteiger partial charge on any atom is 0.237 e. The summed E-state index contributed by atoms with van der Waals surface area (Å²) in [6.45, 7) is 5.67. The summed E-state index contributed by atoms with van der Waals surface area (Å²) in [6, 6.07) is 8.86. The van der Waals surface area contributed by atoms with Crippen molar-refractivity contribution < 1.29 is 9.53 Å². The van der Waals surface area contributed by atoms with Crippen molar-refractivity contribution in [3.8, 4) is 0 Å². The Morgan fingerprint density at radius 1 is 1.14 bits per heavy atom. The van der Waals surface area contributed by atoms with Crippen molar-refractivity contribution in [3.05, 3.63) is 35.3 Å². The SMILES string of the molecule is Cc1cnc(Nc2nc(N[C@@H]3CC4CC[C@@H](C3)N4C(=O)CN3CCOCC3)nc3ccccc23)s1. The quantitative estimate of drug-likeness (QED) is 0.540. The largest absolute Gasteiger partial charge is 0.379 e. The number of hydrogen-bond acceptors (Lipinski definition) is 9. The summed E-state index contributed by atoms with van der Waals surface area (Å²) >= 11 is 1.61. The van der Waals surface area contributed by atoms with Crippen molar-refractivity contribution in [2.45, 2.75) is 50.7 Å². The molecule has 5 heterocycles. The molecule has 0 radical (unpaired) electrons. The van der Waals surface area contributed by atoms with E-state index in [1.54, 1.807) is 11.3 Å². The molecule has 1 unspecified atom stereocenters. The van der Waals surface area contributed by atoms with Gasteiger partial charge < -0.3 is 20.3 Å². The average molecular weight is 494 g/mol. The highest BCUT2D eigenvalue weighted by Crippen LogP contribution is 2.37. The van der Waals surface area contributed by atoms with Gasteiger partial charge in [-0.15, -0.1) is 11.3 Å². The van der Waals surface area contributed by atoms with Gasteiger partial charge in [-0.1, -0.05) is 12.1 Å². The van der Waals surface area contributed by atoms with Gasteiger partial charge in [0.05, 0.1) is 25.3 Å². The summed E-state index contributed by atoms with van der Waals surface area (Å²) in [4.78, 5) is 32.8. The lowest BCUT2D eigenvalue weighted by atomic mass is 9.97. The standard InChI is InChI=1S/C25H31N7O2S/c1-16-14-26-25(35-16)30-23-20-4-2-3-5-21(20)28-24(29-23)27-17-12-18-6-7-19(13-17)32(18)22(33)15-31-8-10-34-11-9-31/h2-5,14,17-19H,6-13,15H2,1H3,(H2,26,27,28,29,30)/t17-,18-,19?/m0/s1. The number of aryl methyl sites for hydroxylation is 1. The second kappa shape index (κ2) is 9.67. The van der Waals surface area contributed by atoms with Crippen molar-refractivity contribution in [3.63, 3.8) is 0 Å². The van der Waals surface area contributed by atoms with Gasteiger partial charge in [-0.05, 0) is 44.7 Å². The lowest BCUT2D eigenvalue weighted by molar-refractivity contribution is -0.137. The predicted octanol–water partition coefficient (Wildman–Crippen LogP) is 3.40. The summed E-state index contributed by atoms with van der Waals surface area (Å²) < 4.78 is 5.43. The number of nitrogens with zero attached hydrogens (tertiary/aromatic N) is 5. The van der Waals surface area contributed by atoms with Gasteiger partial charge in [0.15, 0.2) is 5.13 Å². The number of amides is 1. The number of ether oxygens (including phenoxy) is 1. The van der Waals surface area contributed by atoms with Gasteiger partial charge in [-0.2, -0.15) is 4.98 Å². The van der Waals surface area contributed by atoms with Crippen molar-refractivity contribution in [1.82, 2.24) is 24.8 Å². The third kappa shape index (κ3) is 4.82. The Bertz CT molecular complexity index is 1200. The molecule has 35 heavy (non-hydrogen) atoms. The molecule has 9 nitrogen and oxygen atoms in total. The molecule has 3 saturated heterocycles. The predicted molar refractivity (Wildman–Crippen MR) is 137 cm³/mol. The molecule has 3 aliphatic heterocycles. The number of morpholine rings is 1. The van der Waals surface area contributed by atoms with E-state index >= 15 is 0 Å². The lowest BCUT2D eigenvalue weighted by Crippen LogP contribution is -2.53. The third-order valence-corrected chi connectivity index (χ3v) is 8.09. The zero-order valence-electron chi connectivity index (χ0n) is 19.9. The smallest absolute Gasteiger partial charge is 0.237 e. The van der Waals surface area contributed by atoms with E-state index in [0.717, 1.165) is 78.7 Å². The molecule has 2 bridgehead atoms. The topological polar surface area (TPSA) is 95.5 Å². The Balaban J connectivity index is 1.16. The Kier molecular flexibility index (Phi) is 6.26. The van der Waals surface area contributed by atoms with Gasteiger partial charge in [0.2, 0.25) is 11.9 Å². The molecule has 2 N–H and O–H groups in total. The zero-order chi connectivity index (χ0) is 23.8. The molecule has 0 saturated carbocycles. The number of hydrogen-bond donors (Lipinski definition) is 2. The molecule has 2 aromatic heterocycles. The number of thiazole rings is 1. The van der Waals surface area contributed by atoms with Crippen LogP contribution in [0.15, 0.2) is 30.5 Å². The molecule has 3 atom stereocenters. The minimum Gasteiger partial charge on any atom is -0.379 e. The van der Waals surface area contributed by atoms with Crippen LogP contribution in [0.4, 0.5) is 16.9 Å². The lowest BCUT2D eigenvalue weighted by Gasteiger charge is -2.40. The number of benzene rings is 1. The fourth-order valence-electron chi connectivity index (χ4n) is 5.67. The van der Waals surface area contributed by atoms with Gasteiger partial charge in [0, 0.05) is 47.7 Å². The van der Waals surface area contributed by atoms with E-state index in [9.17, 15) is 4.79 Å². The van der Waals surface area contributed by atoms with E-state index < -0.39 is 0 Å². The second-order valence-corrected chi connectivity index (χ2v) is 10.9. The maximum absolute atomic E-state index is 13.1. The number of carbonyl (C=O) groups is 1. The molecule has 3 fully saturated rings. The van der Waals surface area contributed by atoms with Gasteiger partial charge in [0.25, 0.3) is 0 Å². The highest BCUT2D eigenvalue weighted by atomic mass is 32.1. The molecular formula is C25H31N7O2S. The van der Waals surface area contributed by atoms with Crippen LogP contribution in [0.25, 0.3) is 10.9 Å². The van der Waals surface area contributed by atoms with Crippen LogP contribution in [0.2, 0.25) is 0 Å². The number of anilines is 3. The van der Waals surface area contributed by atoms with Gasteiger partial charge in [-0.25, -0.2) is 9.97 Å². The fourth-order valence-corrected chi connectivity index (χ4v) is 6.33. The molecule has 0 spiro atoms.